The molecule has 2 rings (SSSR count). The van der Waals surface area contributed by atoms with Gasteiger partial charge in [0.2, 0.25) is 0 Å². The number of hydrogen-bond acceptors (Lipinski definition) is 2. The summed E-state index contributed by atoms with van der Waals surface area (Å²) in [6.45, 7) is 12.6. The van der Waals surface area contributed by atoms with Crippen molar-refractivity contribution < 1.29 is 9.50 Å². The molecule has 0 radical (unpaired) electrons. The Balaban J connectivity index is 2.60. The summed E-state index contributed by atoms with van der Waals surface area (Å²) in [5, 5.41) is 11.0. The molecular weight excluding hydrogens is 319 g/mol. The molecule has 3 heteroatoms. The Labute approximate surface area is 150 Å². The summed E-state index contributed by atoms with van der Waals surface area (Å²) in [4.78, 5) is 0.881. The summed E-state index contributed by atoms with van der Waals surface area (Å²) in [7, 11) is 0. The number of aliphatic hydroxyl groups is 1. The van der Waals surface area contributed by atoms with Crippen LogP contribution in [0.3, 0.4) is 0 Å². The summed E-state index contributed by atoms with van der Waals surface area (Å²) in [6, 6.07) is 6.50. The minimum Gasteiger partial charge on any atom is -0.508 e. The molecule has 24 heavy (non-hydrogen) atoms. The Morgan fingerprint density at radius 2 is 1.54 bits per heavy atom. The van der Waals surface area contributed by atoms with Gasteiger partial charge in [0.25, 0.3) is 0 Å². The maximum absolute atomic E-state index is 13.2. The zero-order valence-corrected chi connectivity index (χ0v) is 16.3. The second-order valence-corrected chi connectivity index (χ2v) is 9.08. The second kappa shape index (κ2) is 6.44. The molecule has 0 bridgehead atoms. The number of aliphatic hydroxyl groups excluding tert-OH is 1. The quantitative estimate of drug-likeness (QED) is 0.630. The van der Waals surface area contributed by atoms with Gasteiger partial charge in [-0.15, -0.1) is 0 Å². The summed E-state index contributed by atoms with van der Waals surface area (Å²) >= 11 is 5.72. The third kappa shape index (κ3) is 3.94. The van der Waals surface area contributed by atoms with Crippen molar-refractivity contribution in [3.05, 3.63) is 58.1 Å². The van der Waals surface area contributed by atoms with Crippen molar-refractivity contribution in [1.82, 2.24) is 0 Å². The van der Waals surface area contributed by atoms with Crippen molar-refractivity contribution >= 4 is 17.1 Å². The fourth-order valence-corrected chi connectivity index (χ4v) is 3.52. The van der Waals surface area contributed by atoms with Crippen LogP contribution in [0.15, 0.2) is 46.7 Å². The van der Waals surface area contributed by atoms with E-state index in [0.29, 0.717) is 18.6 Å². The molecular formula is C21H27FOS. The third-order valence-corrected chi connectivity index (χ3v) is 4.84. The molecule has 1 aliphatic rings. The second-order valence-electron chi connectivity index (χ2n) is 8.58. The Bertz CT molecular complexity index is 710. The predicted octanol–water partition coefficient (Wildman–Crippen LogP) is 6.34. The number of rotatable bonds is 2. The number of allylic oxidation sites excluding steroid dienone is 3. The van der Waals surface area contributed by atoms with E-state index in [1.54, 1.807) is 12.1 Å². The van der Waals surface area contributed by atoms with Crippen LogP contribution in [0.25, 0.3) is 0 Å². The number of thiocarbonyl (C=S) groups is 1. The van der Waals surface area contributed by atoms with Gasteiger partial charge in [0, 0.05) is 16.9 Å². The maximum Gasteiger partial charge on any atom is 0.123 e. The lowest BCUT2D eigenvalue weighted by Gasteiger charge is -2.36. The van der Waals surface area contributed by atoms with Crippen LogP contribution >= 0.6 is 12.2 Å². The fraction of sp³-hybridized carbons (Fsp3) is 0.476. The molecule has 0 aliphatic heterocycles. The molecule has 0 spiro atoms. The summed E-state index contributed by atoms with van der Waals surface area (Å²) in [6.07, 6.45) is 1.23. The van der Waals surface area contributed by atoms with E-state index in [1.165, 1.54) is 12.1 Å². The lowest BCUT2D eigenvalue weighted by Crippen LogP contribution is -2.28. The van der Waals surface area contributed by atoms with Crippen molar-refractivity contribution in [2.45, 2.75) is 54.4 Å². The molecule has 1 aromatic rings. The summed E-state index contributed by atoms with van der Waals surface area (Å²) in [5.74, 6) is 0.147. The summed E-state index contributed by atoms with van der Waals surface area (Å²) in [5.41, 5.74) is 3.58. The highest BCUT2D eigenvalue weighted by Gasteiger charge is 2.35. The van der Waals surface area contributed by atoms with E-state index in [9.17, 15) is 9.50 Å². The minimum absolute atomic E-state index is 0.133. The van der Waals surface area contributed by atoms with Crippen molar-refractivity contribution in [2.75, 3.05) is 0 Å². The summed E-state index contributed by atoms with van der Waals surface area (Å²) < 4.78 is 13.2. The fourth-order valence-electron chi connectivity index (χ4n) is 3.21. The number of hydrogen-bond donors (Lipinski definition) is 1. The van der Waals surface area contributed by atoms with Crippen LogP contribution in [-0.2, 0) is 6.42 Å². The van der Waals surface area contributed by atoms with E-state index in [-0.39, 0.29) is 16.6 Å². The SMILES string of the molecule is CC(C)(C)C1=C(O)C(C(C)(C)C)=C(Cc2ccc(F)cc2)C(=S)C1. The van der Waals surface area contributed by atoms with Gasteiger partial charge in [-0.3, -0.25) is 0 Å². The van der Waals surface area contributed by atoms with Crippen LogP contribution in [-0.4, -0.2) is 9.97 Å². The van der Waals surface area contributed by atoms with Gasteiger partial charge in [0.15, 0.2) is 0 Å². The molecule has 0 amide bonds. The normalized spacial score (nSPS) is 16.9. The lowest BCUT2D eigenvalue weighted by atomic mass is 9.70. The van der Waals surface area contributed by atoms with Crippen LogP contribution in [0.4, 0.5) is 4.39 Å². The van der Waals surface area contributed by atoms with Gasteiger partial charge in [-0.25, -0.2) is 4.39 Å². The van der Waals surface area contributed by atoms with Crippen LogP contribution in [0.1, 0.15) is 53.5 Å². The Morgan fingerprint density at radius 3 is 2.00 bits per heavy atom. The van der Waals surface area contributed by atoms with Crippen molar-refractivity contribution in [3.63, 3.8) is 0 Å². The van der Waals surface area contributed by atoms with Crippen molar-refractivity contribution in [2.24, 2.45) is 10.8 Å². The van der Waals surface area contributed by atoms with Gasteiger partial charge in [-0.1, -0.05) is 65.9 Å². The molecule has 0 aromatic heterocycles. The van der Waals surface area contributed by atoms with Gasteiger partial charge < -0.3 is 5.11 Å². The molecule has 1 nitrogen and oxygen atoms in total. The zero-order chi connectivity index (χ0) is 18.3. The van der Waals surface area contributed by atoms with Gasteiger partial charge in [-0.2, -0.15) is 0 Å². The van der Waals surface area contributed by atoms with Crippen LogP contribution in [0, 0.1) is 16.6 Å². The molecule has 0 saturated carbocycles. The van der Waals surface area contributed by atoms with Crippen LogP contribution < -0.4 is 0 Å². The highest BCUT2D eigenvalue weighted by molar-refractivity contribution is 7.80. The first kappa shape index (κ1) is 18.9. The first-order valence-electron chi connectivity index (χ1n) is 8.35. The molecule has 0 saturated heterocycles. The monoisotopic (exact) mass is 346 g/mol. The van der Waals surface area contributed by atoms with Crippen molar-refractivity contribution in [3.8, 4) is 0 Å². The van der Waals surface area contributed by atoms with E-state index in [0.717, 1.165) is 27.1 Å². The molecule has 130 valence electrons. The van der Waals surface area contributed by atoms with Crippen LogP contribution in [0.5, 0.6) is 0 Å². The molecule has 1 aromatic carbocycles. The Hall–Kier alpha value is -1.48. The largest absolute Gasteiger partial charge is 0.508 e. The lowest BCUT2D eigenvalue weighted by molar-refractivity contribution is 0.345. The maximum atomic E-state index is 13.2. The highest BCUT2D eigenvalue weighted by Crippen LogP contribution is 2.44. The number of benzene rings is 1. The zero-order valence-electron chi connectivity index (χ0n) is 15.5. The van der Waals surface area contributed by atoms with Gasteiger partial charge in [-0.05, 0) is 46.1 Å². The predicted molar refractivity (Wildman–Crippen MR) is 103 cm³/mol. The Kier molecular flexibility index (Phi) is 5.06. The number of halogens is 1. The first-order valence-corrected chi connectivity index (χ1v) is 8.76. The molecule has 0 fully saturated rings. The van der Waals surface area contributed by atoms with E-state index in [1.807, 2.05) is 0 Å². The third-order valence-electron chi connectivity index (χ3n) is 4.45. The molecule has 0 atom stereocenters. The van der Waals surface area contributed by atoms with Crippen molar-refractivity contribution in [1.29, 1.82) is 0 Å². The molecule has 0 unspecified atom stereocenters. The average Bonchev–Trinajstić information content (AvgIpc) is 2.42. The molecule has 1 aliphatic carbocycles. The standard InChI is InChI=1S/C21H27FOS/c1-20(2,3)16-12-17(24)15(18(19(16)23)21(4,5)6)11-13-7-9-14(22)10-8-13/h7-10,23H,11-12H2,1-6H3. The minimum atomic E-state index is -0.243. The van der Waals surface area contributed by atoms with Crippen LogP contribution in [0.2, 0.25) is 0 Å². The smallest absolute Gasteiger partial charge is 0.123 e. The first-order chi connectivity index (χ1) is 10.9. The van der Waals surface area contributed by atoms with E-state index >= 15 is 0 Å². The van der Waals surface area contributed by atoms with E-state index in [4.69, 9.17) is 12.2 Å². The molecule has 0 heterocycles. The van der Waals surface area contributed by atoms with Gasteiger partial charge >= 0.3 is 0 Å². The average molecular weight is 347 g/mol. The van der Waals surface area contributed by atoms with E-state index < -0.39 is 0 Å². The van der Waals surface area contributed by atoms with E-state index in [2.05, 4.69) is 41.5 Å². The molecule has 1 N–H and O–H groups in total. The van der Waals surface area contributed by atoms with Gasteiger partial charge in [0.1, 0.15) is 11.6 Å². The Morgan fingerprint density at radius 1 is 1.00 bits per heavy atom. The topological polar surface area (TPSA) is 20.2 Å². The highest BCUT2D eigenvalue weighted by atomic mass is 32.1. The van der Waals surface area contributed by atoms with Gasteiger partial charge in [0.05, 0.1) is 0 Å².